The molecule has 0 aromatic carbocycles. The predicted molar refractivity (Wildman–Crippen MR) is 73.0 cm³/mol. The van der Waals surface area contributed by atoms with Gasteiger partial charge in [-0.15, -0.1) is 0 Å². The van der Waals surface area contributed by atoms with E-state index >= 15 is 0 Å². The minimum Gasteiger partial charge on any atom is -0.396 e. The van der Waals surface area contributed by atoms with Crippen LogP contribution < -0.4 is 10.2 Å². The van der Waals surface area contributed by atoms with Crippen molar-refractivity contribution in [1.29, 1.82) is 0 Å². The minimum absolute atomic E-state index is 0.265. The van der Waals surface area contributed by atoms with Crippen LogP contribution in [0.15, 0.2) is 6.33 Å². The van der Waals surface area contributed by atoms with Crippen LogP contribution in [0.1, 0.15) is 25.3 Å². The lowest BCUT2D eigenvalue weighted by Gasteiger charge is -2.20. The second kappa shape index (κ2) is 6.00. The number of nitrogens with one attached hydrogen (secondary N) is 1. The number of hydrogen-bond acceptors (Lipinski definition) is 5. The van der Waals surface area contributed by atoms with Crippen molar-refractivity contribution in [3.8, 4) is 0 Å². The normalized spacial score (nSPS) is 19.3. The summed E-state index contributed by atoms with van der Waals surface area (Å²) in [6, 6.07) is 0. The zero-order valence-corrected chi connectivity index (χ0v) is 11.2. The molecule has 1 aliphatic heterocycles. The standard InChI is InChI=1S/C13H22N4O/c1-3-5-14-12-10(2)13(16-9-15-12)17-6-4-11(7-17)8-18/h9,11,18H,3-8H2,1-2H3,(H,14,15,16). The quantitative estimate of drug-likeness (QED) is 0.827. The smallest absolute Gasteiger partial charge is 0.137 e. The van der Waals surface area contributed by atoms with Crippen molar-refractivity contribution in [3.05, 3.63) is 11.9 Å². The largest absolute Gasteiger partial charge is 0.396 e. The third kappa shape index (κ3) is 2.72. The van der Waals surface area contributed by atoms with Crippen LogP contribution in [0.3, 0.4) is 0 Å². The molecule has 2 heterocycles. The Morgan fingerprint density at radius 3 is 3.00 bits per heavy atom. The molecule has 18 heavy (non-hydrogen) atoms. The lowest BCUT2D eigenvalue weighted by molar-refractivity contribution is 0.238. The van der Waals surface area contributed by atoms with E-state index in [1.165, 1.54) is 0 Å². The molecule has 1 fully saturated rings. The molecule has 1 aromatic rings. The summed E-state index contributed by atoms with van der Waals surface area (Å²) in [5.41, 5.74) is 1.10. The van der Waals surface area contributed by atoms with Crippen molar-refractivity contribution in [1.82, 2.24) is 9.97 Å². The average molecular weight is 250 g/mol. The topological polar surface area (TPSA) is 61.3 Å². The summed E-state index contributed by atoms with van der Waals surface area (Å²) in [6.45, 7) is 7.24. The van der Waals surface area contributed by atoms with Gasteiger partial charge in [0.2, 0.25) is 0 Å². The summed E-state index contributed by atoms with van der Waals surface area (Å²) < 4.78 is 0. The second-order valence-electron chi connectivity index (χ2n) is 4.88. The van der Waals surface area contributed by atoms with Crippen LogP contribution in [-0.2, 0) is 0 Å². The maximum Gasteiger partial charge on any atom is 0.137 e. The summed E-state index contributed by atoms with van der Waals surface area (Å²) in [5.74, 6) is 2.31. The van der Waals surface area contributed by atoms with E-state index in [1.54, 1.807) is 6.33 Å². The highest BCUT2D eigenvalue weighted by Crippen LogP contribution is 2.27. The molecule has 100 valence electrons. The van der Waals surface area contributed by atoms with E-state index in [4.69, 9.17) is 0 Å². The fraction of sp³-hybridized carbons (Fsp3) is 0.692. The lowest BCUT2D eigenvalue weighted by atomic mass is 10.1. The summed E-state index contributed by atoms with van der Waals surface area (Å²) in [6.07, 6.45) is 3.74. The van der Waals surface area contributed by atoms with Crippen molar-refractivity contribution in [3.63, 3.8) is 0 Å². The average Bonchev–Trinajstić information content (AvgIpc) is 2.86. The first-order valence-corrected chi connectivity index (χ1v) is 6.67. The molecule has 0 aliphatic carbocycles. The zero-order chi connectivity index (χ0) is 13.0. The number of nitrogens with zero attached hydrogens (tertiary/aromatic N) is 3. The third-order valence-corrected chi connectivity index (χ3v) is 3.44. The number of anilines is 2. The molecule has 1 atom stereocenters. The van der Waals surface area contributed by atoms with Gasteiger partial charge in [0.15, 0.2) is 0 Å². The molecule has 0 saturated carbocycles. The number of rotatable bonds is 5. The molecule has 1 aliphatic rings. The van der Waals surface area contributed by atoms with Gasteiger partial charge in [-0.2, -0.15) is 0 Å². The highest BCUT2D eigenvalue weighted by molar-refractivity contribution is 5.58. The highest BCUT2D eigenvalue weighted by Gasteiger charge is 2.24. The van der Waals surface area contributed by atoms with Gasteiger partial charge in [0.25, 0.3) is 0 Å². The summed E-state index contributed by atoms with van der Waals surface area (Å²) in [7, 11) is 0. The van der Waals surface area contributed by atoms with Gasteiger partial charge < -0.3 is 15.3 Å². The van der Waals surface area contributed by atoms with Gasteiger partial charge in [0.1, 0.15) is 18.0 Å². The van der Waals surface area contributed by atoms with Crippen LogP contribution in [0.4, 0.5) is 11.6 Å². The minimum atomic E-state index is 0.265. The Balaban J connectivity index is 2.13. The molecular weight excluding hydrogens is 228 g/mol. The second-order valence-corrected chi connectivity index (χ2v) is 4.88. The molecular formula is C13H22N4O. The van der Waals surface area contributed by atoms with E-state index in [0.29, 0.717) is 5.92 Å². The van der Waals surface area contributed by atoms with Gasteiger partial charge in [-0.05, 0) is 19.8 Å². The summed E-state index contributed by atoms with van der Waals surface area (Å²) >= 11 is 0. The first-order valence-electron chi connectivity index (χ1n) is 6.67. The first-order chi connectivity index (χ1) is 8.76. The first kappa shape index (κ1) is 13.1. The monoisotopic (exact) mass is 250 g/mol. The third-order valence-electron chi connectivity index (χ3n) is 3.44. The van der Waals surface area contributed by atoms with Crippen molar-refractivity contribution in [2.24, 2.45) is 5.92 Å². The van der Waals surface area contributed by atoms with Crippen molar-refractivity contribution in [2.45, 2.75) is 26.7 Å². The number of aromatic nitrogens is 2. The Bertz CT molecular complexity index is 397. The van der Waals surface area contributed by atoms with Gasteiger partial charge in [-0.1, -0.05) is 6.92 Å². The molecule has 2 N–H and O–H groups in total. The van der Waals surface area contributed by atoms with Gasteiger partial charge >= 0.3 is 0 Å². The van der Waals surface area contributed by atoms with Crippen molar-refractivity contribution in [2.75, 3.05) is 36.5 Å². The number of aliphatic hydroxyl groups excluding tert-OH is 1. The van der Waals surface area contributed by atoms with E-state index in [0.717, 1.165) is 49.7 Å². The fourth-order valence-corrected chi connectivity index (χ4v) is 2.36. The molecule has 1 saturated heterocycles. The molecule has 5 heteroatoms. The lowest BCUT2D eigenvalue weighted by Crippen LogP contribution is -2.23. The number of aliphatic hydroxyl groups is 1. The molecule has 1 aromatic heterocycles. The van der Waals surface area contributed by atoms with E-state index in [2.05, 4.69) is 34.0 Å². The molecule has 0 amide bonds. The summed E-state index contributed by atoms with van der Waals surface area (Å²) in [5, 5.41) is 12.5. The Kier molecular flexibility index (Phi) is 4.36. The zero-order valence-electron chi connectivity index (χ0n) is 11.2. The van der Waals surface area contributed by atoms with Crippen LogP contribution in [-0.4, -0.2) is 41.3 Å². The Morgan fingerprint density at radius 1 is 1.50 bits per heavy atom. The van der Waals surface area contributed by atoms with E-state index < -0.39 is 0 Å². The molecule has 0 radical (unpaired) electrons. The van der Waals surface area contributed by atoms with Crippen molar-refractivity contribution >= 4 is 11.6 Å². The maximum atomic E-state index is 9.20. The van der Waals surface area contributed by atoms with Gasteiger partial charge in [-0.3, -0.25) is 0 Å². The Morgan fingerprint density at radius 2 is 2.33 bits per heavy atom. The molecule has 0 bridgehead atoms. The van der Waals surface area contributed by atoms with Crippen LogP contribution in [0.25, 0.3) is 0 Å². The van der Waals surface area contributed by atoms with E-state index in [1.807, 2.05) is 0 Å². The maximum absolute atomic E-state index is 9.20. The van der Waals surface area contributed by atoms with Gasteiger partial charge in [0, 0.05) is 37.7 Å². The number of hydrogen-bond donors (Lipinski definition) is 2. The Hall–Kier alpha value is -1.36. The highest BCUT2D eigenvalue weighted by atomic mass is 16.3. The predicted octanol–water partition coefficient (Wildman–Crippen LogP) is 1.43. The fourth-order valence-electron chi connectivity index (χ4n) is 2.36. The van der Waals surface area contributed by atoms with Gasteiger partial charge in [-0.25, -0.2) is 9.97 Å². The molecule has 0 spiro atoms. The molecule has 5 nitrogen and oxygen atoms in total. The van der Waals surface area contributed by atoms with Crippen LogP contribution in [0, 0.1) is 12.8 Å². The Labute approximate surface area is 108 Å². The SMILES string of the molecule is CCCNc1ncnc(N2CCC(CO)C2)c1C. The molecule has 2 rings (SSSR count). The molecule has 1 unspecified atom stereocenters. The van der Waals surface area contributed by atoms with E-state index in [-0.39, 0.29) is 6.61 Å². The van der Waals surface area contributed by atoms with Crippen LogP contribution >= 0.6 is 0 Å². The van der Waals surface area contributed by atoms with Crippen molar-refractivity contribution < 1.29 is 5.11 Å². The van der Waals surface area contributed by atoms with Crippen LogP contribution in [0.2, 0.25) is 0 Å². The van der Waals surface area contributed by atoms with Crippen LogP contribution in [0.5, 0.6) is 0 Å². The summed E-state index contributed by atoms with van der Waals surface area (Å²) in [4.78, 5) is 10.9. The van der Waals surface area contributed by atoms with Gasteiger partial charge in [0.05, 0.1) is 0 Å². The van der Waals surface area contributed by atoms with E-state index in [9.17, 15) is 5.11 Å².